The number of nitro groups is 1. The van der Waals surface area contributed by atoms with Crippen LogP contribution in [0.25, 0.3) is 0 Å². The highest BCUT2D eigenvalue weighted by molar-refractivity contribution is 7.16. The van der Waals surface area contributed by atoms with Gasteiger partial charge in [-0.25, -0.2) is 0 Å². The summed E-state index contributed by atoms with van der Waals surface area (Å²) in [4.78, 5) is 13.3. The number of aliphatic hydroxyl groups is 1. The number of anilines is 1. The Hall–Kier alpha value is -1.22. The maximum atomic E-state index is 11.3. The summed E-state index contributed by atoms with van der Waals surface area (Å²) in [6.07, 6.45) is -0.732. The zero-order chi connectivity index (χ0) is 16.0. The number of nitrogens with zero attached hydrogens (tertiary/aromatic N) is 2. The van der Waals surface area contributed by atoms with Crippen molar-refractivity contribution < 1.29 is 19.5 Å². The van der Waals surface area contributed by atoms with Gasteiger partial charge in [0.1, 0.15) is 0 Å². The molecular formula is C13H22N2O5S. The molecule has 0 spiro atoms. The molecular weight excluding hydrogens is 296 g/mol. The lowest BCUT2D eigenvalue weighted by Crippen LogP contribution is -2.38. The van der Waals surface area contributed by atoms with Crippen LogP contribution in [0.15, 0.2) is 6.07 Å². The van der Waals surface area contributed by atoms with Crippen LogP contribution in [0.3, 0.4) is 0 Å². The molecule has 7 nitrogen and oxygen atoms in total. The first-order chi connectivity index (χ1) is 9.92. The monoisotopic (exact) mass is 318 g/mol. The van der Waals surface area contributed by atoms with Crippen LogP contribution in [0.4, 0.5) is 10.7 Å². The third-order valence-electron chi connectivity index (χ3n) is 3.06. The number of hydrogen-bond donors (Lipinski definition) is 1. The van der Waals surface area contributed by atoms with Crippen molar-refractivity contribution in [2.45, 2.75) is 26.0 Å². The average Bonchev–Trinajstić information content (AvgIpc) is 2.85. The molecule has 0 aliphatic carbocycles. The largest absolute Gasteiger partial charge is 0.388 e. The Balaban J connectivity index is 3.17. The number of ether oxygens (including phenoxy) is 2. The zero-order valence-corrected chi connectivity index (χ0v) is 13.6. The molecule has 8 heteroatoms. The molecule has 0 saturated heterocycles. The molecule has 1 aromatic rings. The average molecular weight is 318 g/mol. The predicted octanol–water partition coefficient (Wildman–Crippen LogP) is 2.20. The molecule has 1 aromatic heterocycles. The van der Waals surface area contributed by atoms with Crippen molar-refractivity contribution >= 4 is 22.0 Å². The summed E-state index contributed by atoms with van der Waals surface area (Å²) in [5.74, 6) is 0. The highest BCUT2D eigenvalue weighted by atomic mass is 32.1. The number of methoxy groups -OCH3 is 2. The van der Waals surface area contributed by atoms with Crippen LogP contribution in [0.1, 0.15) is 24.8 Å². The van der Waals surface area contributed by atoms with Gasteiger partial charge in [0, 0.05) is 31.7 Å². The van der Waals surface area contributed by atoms with E-state index in [-0.39, 0.29) is 11.7 Å². The summed E-state index contributed by atoms with van der Waals surface area (Å²) in [6, 6.07) is 1.40. The molecule has 1 rings (SSSR count). The molecule has 0 aliphatic rings. The minimum absolute atomic E-state index is 0.00922. The number of aliphatic hydroxyl groups excluding tert-OH is 1. The Morgan fingerprint density at radius 3 is 2.57 bits per heavy atom. The molecule has 0 fully saturated rings. The predicted molar refractivity (Wildman–Crippen MR) is 82.2 cm³/mol. The van der Waals surface area contributed by atoms with Crippen molar-refractivity contribution in [2.75, 3.05) is 38.9 Å². The molecule has 0 radical (unpaired) electrons. The van der Waals surface area contributed by atoms with E-state index < -0.39 is 11.0 Å². The number of thiophene rings is 1. The van der Waals surface area contributed by atoms with Gasteiger partial charge < -0.3 is 19.5 Å². The van der Waals surface area contributed by atoms with Crippen LogP contribution in [0.5, 0.6) is 0 Å². The first-order valence-corrected chi connectivity index (χ1v) is 7.44. The molecule has 120 valence electrons. The van der Waals surface area contributed by atoms with Crippen molar-refractivity contribution in [1.82, 2.24) is 0 Å². The van der Waals surface area contributed by atoms with Gasteiger partial charge in [-0.05, 0) is 13.8 Å². The van der Waals surface area contributed by atoms with Crippen molar-refractivity contribution in [3.63, 3.8) is 0 Å². The van der Waals surface area contributed by atoms with Gasteiger partial charge >= 0.3 is 5.69 Å². The van der Waals surface area contributed by atoms with E-state index in [4.69, 9.17) is 9.47 Å². The number of rotatable bonds is 9. The van der Waals surface area contributed by atoms with Crippen LogP contribution in [-0.2, 0) is 9.47 Å². The van der Waals surface area contributed by atoms with Crippen molar-refractivity contribution in [3.8, 4) is 0 Å². The van der Waals surface area contributed by atoms with E-state index >= 15 is 0 Å². The van der Waals surface area contributed by atoms with Gasteiger partial charge in [0.05, 0.1) is 30.3 Å². The normalized spacial score (nSPS) is 14.0. The quantitative estimate of drug-likeness (QED) is 0.555. The second kappa shape index (κ2) is 8.28. The third kappa shape index (κ3) is 4.63. The summed E-state index contributed by atoms with van der Waals surface area (Å²) in [7, 11) is 3.18. The minimum Gasteiger partial charge on any atom is -0.388 e. The lowest BCUT2D eigenvalue weighted by atomic mass is 10.2. The summed E-state index contributed by atoms with van der Waals surface area (Å²) in [5.41, 5.74) is 0.00922. The van der Waals surface area contributed by atoms with Gasteiger partial charge in [-0.15, -0.1) is 11.3 Å². The summed E-state index contributed by atoms with van der Waals surface area (Å²) >= 11 is 1.23. The maximum absolute atomic E-state index is 11.3. The van der Waals surface area contributed by atoms with E-state index in [9.17, 15) is 15.2 Å². The van der Waals surface area contributed by atoms with Crippen LogP contribution < -0.4 is 4.90 Å². The topological polar surface area (TPSA) is 85.1 Å². The van der Waals surface area contributed by atoms with E-state index in [1.165, 1.54) is 17.4 Å². The number of hydrogen-bond acceptors (Lipinski definition) is 7. The molecule has 0 aromatic carbocycles. The second-order valence-corrected chi connectivity index (χ2v) is 5.83. The van der Waals surface area contributed by atoms with Crippen molar-refractivity contribution in [1.29, 1.82) is 0 Å². The van der Waals surface area contributed by atoms with Gasteiger partial charge in [-0.2, -0.15) is 0 Å². The Morgan fingerprint density at radius 1 is 1.43 bits per heavy atom. The lowest BCUT2D eigenvalue weighted by Gasteiger charge is -2.28. The van der Waals surface area contributed by atoms with Gasteiger partial charge in [-0.3, -0.25) is 10.1 Å². The molecule has 1 heterocycles. The highest BCUT2D eigenvalue weighted by Gasteiger charge is 2.28. The fourth-order valence-electron chi connectivity index (χ4n) is 1.98. The van der Waals surface area contributed by atoms with Crippen LogP contribution in [0, 0.1) is 10.1 Å². The molecule has 2 atom stereocenters. The SMILES string of the molecule is COCCN(c1sc([C@H](C)O)cc1[N+](=O)[O-])C(C)COC. The van der Waals surface area contributed by atoms with E-state index in [0.717, 1.165) is 0 Å². The van der Waals surface area contributed by atoms with E-state index in [1.807, 2.05) is 11.8 Å². The van der Waals surface area contributed by atoms with Gasteiger partial charge in [0.15, 0.2) is 5.00 Å². The van der Waals surface area contributed by atoms with E-state index in [0.29, 0.717) is 29.6 Å². The fraction of sp³-hybridized carbons (Fsp3) is 0.692. The van der Waals surface area contributed by atoms with E-state index in [2.05, 4.69) is 0 Å². The minimum atomic E-state index is -0.732. The molecule has 1 N–H and O–H groups in total. The molecule has 0 amide bonds. The van der Waals surface area contributed by atoms with Crippen LogP contribution >= 0.6 is 11.3 Å². The van der Waals surface area contributed by atoms with Crippen molar-refractivity contribution in [2.24, 2.45) is 0 Å². The zero-order valence-electron chi connectivity index (χ0n) is 12.7. The highest BCUT2D eigenvalue weighted by Crippen LogP contribution is 2.40. The van der Waals surface area contributed by atoms with Gasteiger partial charge in [-0.1, -0.05) is 0 Å². The summed E-state index contributed by atoms with van der Waals surface area (Å²) in [5, 5.41) is 21.4. The fourth-order valence-corrected chi connectivity index (χ4v) is 3.17. The van der Waals surface area contributed by atoms with E-state index in [1.54, 1.807) is 21.1 Å². The molecule has 0 aliphatic heterocycles. The van der Waals surface area contributed by atoms with Crippen LogP contribution in [0.2, 0.25) is 0 Å². The van der Waals surface area contributed by atoms with Gasteiger partial charge in [0.25, 0.3) is 0 Å². The Kier molecular flexibility index (Phi) is 7.03. The molecule has 1 unspecified atom stereocenters. The Morgan fingerprint density at radius 2 is 2.10 bits per heavy atom. The maximum Gasteiger partial charge on any atom is 0.304 e. The second-order valence-electron chi connectivity index (χ2n) is 4.76. The van der Waals surface area contributed by atoms with Crippen LogP contribution in [-0.4, -0.2) is 50.0 Å². The molecule has 0 bridgehead atoms. The van der Waals surface area contributed by atoms with Crippen molar-refractivity contribution in [3.05, 3.63) is 21.1 Å². The Labute approximate surface area is 128 Å². The third-order valence-corrected chi connectivity index (χ3v) is 4.39. The Bertz CT molecular complexity index is 463. The first-order valence-electron chi connectivity index (χ1n) is 6.63. The summed E-state index contributed by atoms with van der Waals surface area (Å²) in [6.45, 7) is 4.94. The first kappa shape index (κ1) is 17.8. The molecule has 21 heavy (non-hydrogen) atoms. The molecule has 0 saturated carbocycles. The summed E-state index contributed by atoms with van der Waals surface area (Å²) < 4.78 is 10.2. The lowest BCUT2D eigenvalue weighted by molar-refractivity contribution is -0.383. The van der Waals surface area contributed by atoms with Gasteiger partial charge in [0.2, 0.25) is 0 Å². The standard InChI is InChI=1S/C13H22N2O5S/c1-9(8-20-4)14(5-6-19-3)13-11(15(17)18)7-12(21-13)10(2)16/h7,9-10,16H,5-6,8H2,1-4H3/t9?,10-/m0/s1. The smallest absolute Gasteiger partial charge is 0.304 e.